The molecular formula is C20H23N3O4S2. The van der Waals surface area contributed by atoms with E-state index in [9.17, 15) is 13.2 Å². The second-order valence-corrected chi connectivity index (χ2v) is 9.72. The highest BCUT2D eigenvalue weighted by molar-refractivity contribution is 7.89. The highest BCUT2D eigenvalue weighted by Gasteiger charge is 2.29. The number of amides is 1. The van der Waals surface area contributed by atoms with Crippen LogP contribution in [0.3, 0.4) is 0 Å². The number of thiophene rings is 1. The Labute approximate surface area is 173 Å². The molecule has 0 unspecified atom stereocenters. The zero-order chi connectivity index (χ0) is 20.4. The van der Waals surface area contributed by atoms with E-state index in [2.05, 4.69) is 10.3 Å². The molecule has 154 valence electrons. The van der Waals surface area contributed by atoms with Crippen LogP contribution in [-0.4, -0.2) is 43.3 Å². The van der Waals surface area contributed by atoms with Gasteiger partial charge in [0, 0.05) is 24.2 Å². The number of aromatic amines is 1. The van der Waals surface area contributed by atoms with Gasteiger partial charge in [-0.3, -0.25) is 4.79 Å². The molecule has 1 aliphatic heterocycles. The van der Waals surface area contributed by atoms with Crippen LogP contribution >= 0.6 is 11.3 Å². The summed E-state index contributed by atoms with van der Waals surface area (Å²) in [5.41, 5.74) is 0.841. The SMILES string of the molecule is CCOc1ccc(NC(=O)c2cc3ccsc3[nH]2)cc1S(=O)(=O)N1CCCCC1. The minimum atomic E-state index is -3.70. The van der Waals surface area contributed by atoms with Crippen LogP contribution in [-0.2, 0) is 10.0 Å². The van der Waals surface area contributed by atoms with E-state index in [1.54, 1.807) is 18.2 Å². The number of carbonyl (C=O) groups is 1. The fourth-order valence-corrected chi connectivity index (χ4v) is 5.93. The molecule has 1 fully saturated rings. The molecule has 9 heteroatoms. The Hall–Kier alpha value is -2.36. The lowest BCUT2D eigenvalue weighted by molar-refractivity contribution is 0.102. The molecule has 2 N–H and O–H groups in total. The Morgan fingerprint density at radius 2 is 2.00 bits per heavy atom. The number of sulfonamides is 1. The molecule has 4 rings (SSSR count). The number of nitrogens with one attached hydrogen (secondary N) is 2. The summed E-state index contributed by atoms with van der Waals surface area (Å²) in [6, 6.07) is 8.46. The molecule has 0 aliphatic carbocycles. The predicted molar refractivity (Wildman–Crippen MR) is 114 cm³/mol. The zero-order valence-corrected chi connectivity index (χ0v) is 17.7. The molecule has 0 spiro atoms. The van der Waals surface area contributed by atoms with Gasteiger partial charge in [0.15, 0.2) is 0 Å². The summed E-state index contributed by atoms with van der Waals surface area (Å²) >= 11 is 1.52. The van der Waals surface area contributed by atoms with Crippen molar-refractivity contribution in [3.63, 3.8) is 0 Å². The summed E-state index contributed by atoms with van der Waals surface area (Å²) in [5.74, 6) is -0.0182. The maximum atomic E-state index is 13.2. The monoisotopic (exact) mass is 433 g/mol. The van der Waals surface area contributed by atoms with Gasteiger partial charge >= 0.3 is 0 Å². The van der Waals surface area contributed by atoms with Crippen molar-refractivity contribution in [2.45, 2.75) is 31.1 Å². The fourth-order valence-electron chi connectivity index (χ4n) is 3.48. The average Bonchev–Trinajstić information content (AvgIpc) is 3.32. The van der Waals surface area contributed by atoms with Gasteiger partial charge in [0.05, 0.1) is 6.61 Å². The second kappa shape index (κ2) is 8.17. The molecule has 7 nitrogen and oxygen atoms in total. The lowest BCUT2D eigenvalue weighted by Crippen LogP contribution is -2.35. The van der Waals surface area contributed by atoms with Crippen molar-refractivity contribution in [1.29, 1.82) is 0 Å². The van der Waals surface area contributed by atoms with Gasteiger partial charge in [0.1, 0.15) is 21.2 Å². The minimum absolute atomic E-state index is 0.0894. The van der Waals surface area contributed by atoms with E-state index in [1.807, 2.05) is 18.4 Å². The highest BCUT2D eigenvalue weighted by Crippen LogP contribution is 2.32. The third kappa shape index (κ3) is 4.03. The number of H-pyrrole nitrogens is 1. The smallest absolute Gasteiger partial charge is 0.272 e. The largest absolute Gasteiger partial charge is 0.492 e. The van der Waals surface area contributed by atoms with Crippen LogP contribution in [0.5, 0.6) is 5.75 Å². The molecule has 29 heavy (non-hydrogen) atoms. The number of aromatic nitrogens is 1. The number of carbonyl (C=O) groups excluding carboxylic acids is 1. The molecule has 0 radical (unpaired) electrons. The standard InChI is InChI=1S/C20H23N3O4S2/c1-2-27-17-7-6-15(13-18(17)29(25,26)23-9-4-3-5-10-23)21-19(24)16-12-14-8-11-28-20(14)22-16/h6-8,11-13,22H,2-5,9-10H2,1H3,(H,21,24). The van der Waals surface area contributed by atoms with Crippen LogP contribution in [0, 0.1) is 0 Å². The molecule has 3 aromatic rings. The first-order valence-electron chi connectivity index (χ1n) is 9.63. The van der Waals surface area contributed by atoms with Gasteiger partial charge in [-0.25, -0.2) is 8.42 Å². The van der Waals surface area contributed by atoms with Crippen LogP contribution in [0.4, 0.5) is 5.69 Å². The molecule has 2 aromatic heterocycles. The Morgan fingerprint density at radius 1 is 1.21 bits per heavy atom. The molecule has 0 bridgehead atoms. The zero-order valence-electron chi connectivity index (χ0n) is 16.1. The molecule has 0 saturated carbocycles. The fraction of sp³-hybridized carbons (Fsp3) is 0.350. The topological polar surface area (TPSA) is 91.5 Å². The van der Waals surface area contributed by atoms with Crippen molar-refractivity contribution in [3.05, 3.63) is 41.4 Å². The molecule has 1 amide bonds. The van der Waals surface area contributed by atoms with E-state index >= 15 is 0 Å². The van der Waals surface area contributed by atoms with E-state index in [0.717, 1.165) is 29.5 Å². The van der Waals surface area contributed by atoms with Crippen LogP contribution in [0.15, 0.2) is 40.6 Å². The molecule has 1 aliphatic rings. The van der Waals surface area contributed by atoms with E-state index in [-0.39, 0.29) is 10.8 Å². The van der Waals surface area contributed by atoms with Crippen molar-refractivity contribution < 1.29 is 17.9 Å². The Kier molecular flexibility index (Phi) is 5.62. The first kappa shape index (κ1) is 19.9. The van der Waals surface area contributed by atoms with Crippen molar-refractivity contribution in [1.82, 2.24) is 9.29 Å². The molecular weight excluding hydrogens is 410 g/mol. The van der Waals surface area contributed by atoms with Gasteiger partial charge in [0.25, 0.3) is 5.91 Å². The third-order valence-corrected chi connectivity index (χ3v) is 7.69. The summed E-state index contributed by atoms with van der Waals surface area (Å²) < 4.78 is 33.5. The van der Waals surface area contributed by atoms with E-state index in [1.165, 1.54) is 21.7 Å². The van der Waals surface area contributed by atoms with Gasteiger partial charge in [-0.05, 0) is 55.5 Å². The number of rotatable bonds is 6. The highest BCUT2D eigenvalue weighted by atomic mass is 32.2. The van der Waals surface area contributed by atoms with Crippen LogP contribution in [0.1, 0.15) is 36.7 Å². The molecule has 3 heterocycles. The Morgan fingerprint density at radius 3 is 2.72 bits per heavy atom. The van der Waals surface area contributed by atoms with Crippen LogP contribution in [0.25, 0.3) is 10.2 Å². The Bertz CT molecular complexity index is 1100. The van der Waals surface area contributed by atoms with Gasteiger partial charge < -0.3 is 15.0 Å². The van der Waals surface area contributed by atoms with Gasteiger partial charge in [-0.2, -0.15) is 4.31 Å². The number of anilines is 1. The van der Waals surface area contributed by atoms with Gasteiger partial charge in [-0.1, -0.05) is 6.42 Å². The first-order valence-corrected chi connectivity index (χ1v) is 12.0. The number of hydrogen-bond donors (Lipinski definition) is 2. The van der Waals surface area contributed by atoms with Gasteiger partial charge in [-0.15, -0.1) is 11.3 Å². The normalized spacial score (nSPS) is 15.5. The molecule has 1 aromatic carbocycles. The minimum Gasteiger partial charge on any atom is -0.492 e. The van der Waals surface area contributed by atoms with E-state index in [0.29, 0.717) is 36.8 Å². The molecule has 0 atom stereocenters. The van der Waals surface area contributed by atoms with Gasteiger partial charge in [0.2, 0.25) is 10.0 Å². The van der Waals surface area contributed by atoms with Crippen molar-refractivity contribution in [2.24, 2.45) is 0 Å². The lowest BCUT2D eigenvalue weighted by Gasteiger charge is -2.27. The number of piperidine rings is 1. The molecule has 1 saturated heterocycles. The summed E-state index contributed by atoms with van der Waals surface area (Å²) in [6.07, 6.45) is 2.74. The van der Waals surface area contributed by atoms with Crippen molar-refractivity contribution in [2.75, 3.05) is 25.0 Å². The van der Waals surface area contributed by atoms with E-state index < -0.39 is 10.0 Å². The summed E-state index contributed by atoms with van der Waals surface area (Å²) in [6.45, 7) is 3.17. The second-order valence-electron chi connectivity index (χ2n) is 6.90. The third-order valence-electron chi connectivity index (χ3n) is 4.92. The summed E-state index contributed by atoms with van der Waals surface area (Å²) in [4.78, 5) is 16.7. The Balaban J connectivity index is 1.63. The first-order chi connectivity index (χ1) is 14.0. The number of fused-ring (bicyclic) bond motifs is 1. The number of benzene rings is 1. The number of ether oxygens (including phenoxy) is 1. The van der Waals surface area contributed by atoms with Crippen LogP contribution < -0.4 is 10.1 Å². The summed E-state index contributed by atoms with van der Waals surface area (Å²) in [5, 5.41) is 5.71. The number of nitrogens with zero attached hydrogens (tertiary/aromatic N) is 1. The average molecular weight is 434 g/mol. The van der Waals surface area contributed by atoms with Crippen molar-refractivity contribution >= 4 is 43.2 Å². The lowest BCUT2D eigenvalue weighted by atomic mass is 10.2. The van der Waals surface area contributed by atoms with E-state index in [4.69, 9.17) is 4.74 Å². The number of hydrogen-bond acceptors (Lipinski definition) is 5. The maximum absolute atomic E-state index is 13.2. The van der Waals surface area contributed by atoms with Crippen LogP contribution in [0.2, 0.25) is 0 Å². The quantitative estimate of drug-likeness (QED) is 0.613. The maximum Gasteiger partial charge on any atom is 0.272 e. The van der Waals surface area contributed by atoms with Crippen molar-refractivity contribution in [3.8, 4) is 5.75 Å². The predicted octanol–water partition coefficient (Wildman–Crippen LogP) is 4.06. The summed E-state index contributed by atoms with van der Waals surface area (Å²) in [7, 11) is -3.70.